The maximum atomic E-state index is 6.61. The van der Waals surface area contributed by atoms with Crippen LogP contribution in [0.1, 0.15) is 0 Å². The summed E-state index contributed by atoms with van der Waals surface area (Å²) in [5.74, 6) is 0. The Balaban J connectivity index is 2.39. The molecule has 0 saturated heterocycles. The van der Waals surface area contributed by atoms with E-state index in [1.54, 1.807) is 11.3 Å². The Bertz CT molecular complexity index is 940. The predicted octanol–water partition coefficient (Wildman–Crippen LogP) is 4.69. The van der Waals surface area contributed by atoms with Crippen molar-refractivity contribution in [1.82, 2.24) is 0 Å². The molecule has 92 valence electrons. The lowest BCUT2D eigenvalue weighted by Gasteiger charge is -2.01. The lowest BCUT2D eigenvalue weighted by molar-refractivity contribution is -0.616. The zero-order valence-electron chi connectivity index (χ0n) is 10.4. The third-order valence-corrected chi connectivity index (χ3v) is 5.29. The lowest BCUT2D eigenvalue weighted by atomic mass is 10.1. The van der Waals surface area contributed by atoms with Crippen molar-refractivity contribution in [2.24, 2.45) is 7.05 Å². The molecule has 19 heavy (non-hydrogen) atoms. The molecule has 0 aliphatic heterocycles. The molecule has 0 saturated carbocycles. The summed E-state index contributed by atoms with van der Waals surface area (Å²) >= 11 is 8.38. The summed E-state index contributed by atoms with van der Waals surface area (Å²) in [6, 6.07) is 16.8. The largest absolute Gasteiger partial charge is 0.233 e. The van der Waals surface area contributed by atoms with Crippen molar-refractivity contribution in [3.63, 3.8) is 0 Å². The SMILES string of the molecule is C[n+]1c2ccccc2c(Cl)c2sc3ccccc3c21. The van der Waals surface area contributed by atoms with E-state index in [0.29, 0.717) is 0 Å². The molecular formula is C16H11ClNS+. The number of hydrogen-bond donors (Lipinski definition) is 0. The molecule has 0 atom stereocenters. The van der Waals surface area contributed by atoms with E-state index in [4.69, 9.17) is 11.6 Å². The minimum Gasteiger partial charge on any atom is -0.193 e. The molecule has 0 radical (unpaired) electrons. The second kappa shape index (κ2) is 3.92. The first-order valence-corrected chi connectivity index (χ1v) is 7.34. The number of benzene rings is 2. The number of para-hydroxylation sites is 1. The highest BCUT2D eigenvalue weighted by atomic mass is 35.5. The third kappa shape index (κ3) is 1.44. The van der Waals surface area contributed by atoms with Crippen molar-refractivity contribution in [1.29, 1.82) is 0 Å². The molecule has 0 aliphatic carbocycles. The zero-order chi connectivity index (χ0) is 13.0. The fraction of sp³-hybridized carbons (Fsp3) is 0.0625. The van der Waals surface area contributed by atoms with E-state index in [1.807, 2.05) is 6.07 Å². The first-order valence-electron chi connectivity index (χ1n) is 6.15. The quantitative estimate of drug-likeness (QED) is 0.413. The van der Waals surface area contributed by atoms with Gasteiger partial charge in [0.2, 0.25) is 11.0 Å². The van der Waals surface area contributed by atoms with E-state index in [0.717, 1.165) is 10.4 Å². The molecule has 0 spiro atoms. The third-order valence-electron chi connectivity index (χ3n) is 3.61. The normalized spacial score (nSPS) is 11.7. The van der Waals surface area contributed by atoms with Gasteiger partial charge in [-0.1, -0.05) is 35.9 Å². The molecule has 0 unspecified atom stereocenters. The number of aromatic nitrogens is 1. The smallest absolute Gasteiger partial charge is 0.193 e. The van der Waals surface area contributed by atoms with E-state index in [-0.39, 0.29) is 0 Å². The Hall–Kier alpha value is -1.64. The number of fused-ring (bicyclic) bond motifs is 4. The highest BCUT2D eigenvalue weighted by molar-refractivity contribution is 7.26. The first kappa shape index (κ1) is 11.2. The summed E-state index contributed by atoms with van der Waals surface area (Å²) in [4.78, 5) is 0. The molecule has 2 aromatic carbocycles. The van der Waals surface area contributed by atoms with Gasteiger partial charge in [-0.2, -0.15) is 4.57 Å². The Kier molecular flexibility index (Phi) is 2.32. The van der Waals surface area contributed by atoms with Crippen LogP contribution in [0.3, 0.4) is 0 Å². The van der Waals surface area contributed by atoms with E-state index < -0.39 is 0 Å². The van der Waals surface area contributed by atoms with Crippen LogP contribution >= 0.6 is 22.9 Å². The molecule has 4 rings (SSSR count). The molecule has 0 fully saturated rings. The minimum absolute atomic E-state index is 0.866. The van der Waals surface area contributed by atoms with E-state index in [2.05, 4.69) is 54.1 Å². The number of pyridine rings is 1. The fourth-order valence-electron chi connectivity index (χ4n) is 2.71. The van der Waals surface area contributed by atoms with Crippen LogP contribution in [0.25, 0.3) is 31.2 Å². The van der Waals surface area contributed by atoms with Crippen LogP contribution in [0.5, 0.6) is 0 Å². The predicted molar refractivity (Wildman–Crippen MR) is 83.0 cm³/mol. The topological polar surface area (TPSA) is 3.88 Å². The fourth-order valence-corrected chi connectivity index (χ4v) is 4.26. The zero-order valence-corrected chi connectivity index (χ0v) is 11.9. The molecule has 2 heterocycles. The van der Waals surface area contributed by atoms with Crippen LogP contribution in [-0.2, 0) is 7.05 Å². The van der Waals surface area contributed by atoms with Gasteiger partial charge >= 0.3 is 0 Å². The highest BCUT2D eigenvalue weighted by Gasteiger charge is 2.21. The molecule has 0 bridgehead atoms. The Morgan fingerprint density at radius 3 is 2.47 bits per heavy atom. The van der Waals surface area contributed by atoms with Gasteiger partial charge < -0.3 is 0 Å². The van der Waals surface area contributed by atoms with Gasteiger partial charge in [0, 0.05) is 10.8 Å². The molecule has 0 aliphatic rings. The summed E-state index contributed by atoms with van der Waals surface area (Å²) in [6.07, 6.45) is 0. The van der Waals surface area contributed by atoms with Gasteiger partial charge in [0.05, 0.1) is 15.8 Å². The number of thiophene rings is 1. The molecule has 4 aromatic rings. The van der Waals surface area contributed by atoms with E-state index >= 15 is 0 Å². The maximum Gasteiger partial charge on any atom is 0.233 e. The standard InChI is InChI=1S/C16H11ClNS/c1-18-12-8-4-2-6-10(12)14(17)16-15(18)11-7-3-5-9-13(11)19-16/h2-9H,1H3/q+1. The van der Waals surface area contributed by atoms with Crippen molar-refractivity contribution in [3.05, 3.63) is 53.6 Å². The van der Waals surface area contributed by atoms with Crippen LogP contribution < -0.4 is 4.57 Å². The Labute approximate surface area is 119 Å². The summed E-state index contributed by atoms with van der Waals surface area (Å²) in [5, 5.41) is 3.26. The molecule has 1 nitrogen and oxygen atoms in total. The van der Waals surface area contributed by atoms with Crippen LogP contribution in [0.4, 0.5) is 0 Å². The number of halogens is 1. The van der Waals surface area contributed by atoms with Gasteiger partial charge in [0.1, 0.15) is 11.7 Å². The van der Waals surface area contributed by atoms with Crippen molar-refractivity contribution in [2.45, 2.75) is 0 Å². The van der Waals surface area contributed by atoms with Crippen LogP contribution in [0.2, 0.25) is 5.02 Å². The monoisotopic (exact) mass is 284 g/mol. The molecule has 2 aromatic heterocycles. The first-order chi connectivity index (χ1) is 9.27. The number of hydrogen-bond acceptors (Lipinski definition) is 1. The molecule has 0 amide bonds. The summed E-state index contributed by atoms with van der Waals surface area (Å²) in [7, 11) is 2.11. The van der Waals surface area contributed by atoms with Gasteiger partial charge in [-0.15, -0.1) is 11.3 Å². The average Bonchev–Trinajstić information content (AvgIpc) is 2.84. The summed E-state index contributed by atoms with van der Waals surface area (Å²) in [6.45, 7) is 0. The average molecular weight is 285 g/mol. The second-order valence-corrected chi connectivity index (χ2v) is 6.10. The van der Waals surface area contributed by atoms with Crippen LogP contribution in [-0.4, -0.2) is 0 Å². The Morgan fingerprint density at radius 2 is 1.63 bits per heavy atom. The Morgan fingerprint density at radius 1 is 0.947 bits per heavy atom. The molecule has 3 heteroatoms. The van der Waals surface area contributed by atoms with E-state index in [1.165, 1.54) is 25.8 Å². The van der Waals surface area contributed by atoms with Gasteiger partial charge in [0.25, 0.3) is 0 Å². The lowest BCUT2D eigenvalue weighted by Crippen LogP contribution is -2.29. The second-order valence-electron chi connectivity index (χ2n) is 4.67. The molecular weight excluding hydrogens is 274 g/mol. The van der Waals surface area contributed by atoms with E-state index in [9.17, 15) is 0 Å². The summed E-state index contributed by atoms with van der Waals surface area (Å²) < 4.78 is 4.70. The van der Waals surface area contributed by atoms with Crippen molar-refractivity contribution in [3.8, 4) is 0 Å². The van der Waals surface area contributed by atoms with Crippen molar-refractivity contribution in [2.75, 3.05) is 0 Å². The van der Waals surface area contributed by atoms with Crippen LogP contribution in [0.15, 0.2) is 48.5 Å². The van der Waals surface area contributed by atoms with Gasteiger partial charge in [-0.05, 0) is 18.2 Å². The van der Waals surface area contributed by atoms with Gasteiger partial charge in [0.15, 0.2) is 0 Å². The van der Waals surface area contributed by atoms with Crippen LogP contribution in [0, 0.1) is 0 Å². The highest BCUT2D eigenvalue weighted by Crippen LogP contribution is 2.38. The number of aryl methyl sites for hydroxylation is 1. The number of rotatable bonds is 0. The minimum atomic E-state index is 0.866. The van der Waals surface area contributed by atoms with Crippen molar-refractivity contribution < 1.29 is 4.57 Å². The van der Waals surface area contributed by atoms with Gasteiger partial charge in [-0.25, -0.2) is 0 Å². The maximum absolute atomic E-state index is 6.61. The van der Waals surface area contributed by atoms with Crippen molar-refractivity contribution >= 4 is 54.1 Å². The van der Waals surface area contributed by atoms with Gasteiger partial charge in [-0.3, -0.25) is 0 Å². The summed E-state index contributed by atoms with van der Waals surface area (Å²) in [5.41, 5.74) is 2.40. The molecule has 0 N–H and O–H groups in total. The number of nitrogens with zero attached hydrogens (tertiary/aromatic N) is 1.